The molecule has 2 aromatic carbocycles. The Balaban J connectivity index is 1.85. The third-order valence-electron chi connectivity index (χ3n) is 2.81. The van der Waals surface area contributed by atoms with Crippen molar-refractivity contribution >= 4 is 27.7 Å². The molecule has 0 saturated heterocycles. The van der Waals surface area contributed by atoms with Crippen LogP contribution in [-0.2, 0) is 4.79 Å². The predicted octanol–water partition coefficient (Wildman–Crippen LogP) is 2.68. The largest absolute Gasteiger partial charge is 0.481 e. The molecule has 1 atom stereocenters. The third-order valence-corrected chi connectivity index (χ3v) is 3.31. The number of benzene rings is 2. The lowest BCUT2D eigenvalue weighted by Crippen LogP contribution is -2.47. The van der Waals surface area contributed by atoms with Crippen molar-refractivity contribution in [2.45, 2.75) is 13.0 Å². The van der Waals surface area contributed by atoms with Gasteiger partial charge in [-0.15, -0.1) is 0 Å². The summed E-state index contributed by atoms with van der Waals surface area (Å²) in [4.78, 5) is 23.7. The van der Waals surface area contributed by atoms with Gasteiger partial charge in [0.05, 0.1) is 0 Å². The van der Waals surface area contributed by atoms with Crippen molar-refractivity contribution in [1.29, 1.82) is 0 Å². The van der Waals surface area contributed by atoms with Gasteiger partial charge in [-0.2, -0.15) is 0 Å². The van der Waals surface area contributed by atoms with Crippen LogP contribution in [0.3, 0.4) is 0 Å². The average molecular weight is 363 g/mol. The molecule has 2 amide bonds. The molecule has 6 heteroatoms. The van der Waals surface area contributed by atoms with Gasteiger partial charge in [0.25, 0.3) is 11.8 Å². The average Bonchev–Trinajstić information content (AvgIpc) is 2.53. The minimum Gasteiger partial charge on any atom is -0.481 e. The molecule has 0 aromatic heterocycles. The van der Waals surface area contributed by atoms with Gasteiger partial charge >= 0.3 is 0 Å². The van der Waals surface area contributed by atoms with Crippen LogP contribution in [0.1, 0.15) is 17.3 Å². The summed E-state index contributed by atoms with van der Waals surface area (Å²) in [5, 5.41) is 0. The summed E-state index contributed by atoms with van der Waals surface area (Å²) in [6, 6.07) is 15.8. The second-order valence-electron chi connectivity index (χ2n) is 4.53. The monoisotopic (exact) mass is 362 g/mol. The molecule has 114 valence electrons. The maximum Gasteiger partial charge on any atom is 0.279 e. The smallest absolute Gasteiger partial charge is 0.279 e. The SMILES string of the molecule is C[C@H](Oc1cccc(Br)c1)C(=O)NNC(=O)c1ccccc1. The molecule has 0 fully saturated rings. The minimum atomic E-state index is -0.745. The minimum absolute atomic E-state index is 0.386. The highest BCUT2D eigenvalue weighted by Gasteiger charge is 2.15. The van der Waals surface area contributed by atoms with Gasteiger partial charge in [0.2, 0.25) is 0 Å². The first-order valence-corrected chi connectivity index (χ1v) is 7.43. The van der Waals surface area contributed by atoms with E-state index >= 15 is 0 Å². The summed E-state index contributed by atoms with van der Waals surface area (Å²) < 4.78 is 6.36. The number of hydrazine groups is 1. The Bertz CT molecular complexity index is 661. The molecule has 0 aliphatic heterocycles. The highest BCUT2D eigenvalue weighted by molar-refractivity contribution is 9.10. The lowest BCUT2D eigenvalue weighted by molar-refractivity contribution is -0.128. The Morgan fingerprint density at radius 3 is 2.45 bits per heavy atom. The van der Waals surface area contributed by atoms with Crippen molar-refractivity contribution in [3.63, 3.8) is 0 Å². The van der Waals surface area contributed by atoms with Crippen molar-refractivity contribution < 1.29 is 14.3 Å². The summed E-state index contributed by atoms with van der Waals surface area (Å²) in [7, 11) is 0. The summed E-state index contributed by atoms with van der Waals surface area (Å²) in [5.74, 6) is -0.265. The van der Waals surface area contributed by atoms with Gasteiger partial charge < -0.3 is 4.74 Å². The molecular weight excluding hydrogens is 348 g/mol. The maximum atomic E-state index is 11.9. The Kier molecular flexibility index (Phi) is 5.55. The van der Waals surface area contributed by atoms with Gasteiger partial charge in [0.15, 0.2) is 6.10 Å². The van der Waals surface area contributed by atoms with E-state index in [1.807, 2.05) is 12.1 Å². The molecule has 0 heterocycles. The van der Waals surface area contributed by atoms with E-state index in [9.17, 15) is 9.59 Å². The predicted molar refractivity (Wildman–Crippen MR) is 86.3 cm³/mol. The number of hydrogen-bond acceptors (Lipinski definition) is 3. The Hall–Kier alpha value is -2.34. The Labute approximate surface area is 136 Å². The first-order valence-electron chi connectivity index (χ1n) is 6.64. The van der Waals surface area contributed by atoms with Crippen LogP contribution in [0.4, 0.5) is 0 Å². The number of hydrogen-bond donors (Lipinski definition) is 2. The van der Waals surface area contributed by atoms with E-state index in [4.69, 9.17) is 4.74 Å². The number of halogens is 1. The van der Waals surface area contributed by atoms with Crippen LogP contribution in [0, 0.1) is 0 Å². The molecule has 0 aliphatic carbocycles. The van der Waals surface area contributed by atoms with Crippen LogP contribution >= 0.6 is 15.9 Å². The summed E-state index contributed by atoms with van der Waals surface area (Å²) in [6.07, 6.45) is -0.745. The lowest BCUT2D eigenvalue weighted by atomic mass is 10.2. The topological polar surface area (TPSA) is 67.4 Å². The molecule has 0 aliphatic rings. The van der Waals surface area contributed by atoms with Gasteiger partial charge in [-0.1, -0.05) is 40.2 Å². The van der Waals surface area contributed by atoms with Crippen molar-refractivity contribution in [3.8, 4) is 5.75 Å². The Morgan fingerprint density at radius 1 is 1.05 bits per heavy atom. The van der Waals surface area contributed by atoms with Crippen molar-refractivity contribution in [2.75, 3.05) is 0 Å². The number of carbonyl (C=O) groups is 2. The van der Waals surface area contributed by atoms with Crippen LogP contribution in [-0.4, -0.2) is 17.9 Å². The van der Waals surface area contributed by atoms with E-state index in [-0.39, 0.29) is 5.91 Å². The molecule has 2 N–H and O–H groups in total. The first-order chi connectivity index (χ1) is 10.6. The first kappa shape index (κ1) is 16.0. The number of nitrogens with one attached hydrogen (secondary N) is 2. The molecule has 2 aromatic rings. The zero-order chi connectivity index (χ0) is 15.9. The standard InChI is InChI=1S/C16H15BrN2O3/c1-11(22-14-9-5-8-13(17)10-14)15(20)18-19-16(21)12-6-3-2-4-7-12/h2-11H,1H3,(H,18,20)(H,19,21)/t11-/m0/s1. The second-order valence-corrected chi connectivity index (χ2v) is 5.44. The zero-order valence-corrected chi connectivity index (χ0v) is 13.5. The lowest BCUT2D eigenvalue weighted by Gasteiger charge is -2.15. The fourth-order valence-electron chi connectivity index (χ4n) is 1.68. The molecule has 0 saturated carbocycles. The van der Waals surface area contributed by atoms with Crippen LogP contribution in [0.2, 0.25) is 0 Å². The highest BCUT2D eigenvalue weighted by atomic mass is 79.9. The second kappa shape index (κ2) is 7.61. The summed E-state index contributed by atoms with van der Waals surface area (Å²) in [6.45, 7) is 1.60. The number of ether oxygens (including phenoxy) is 1. The molecule has 0 bridgehead atoms. The molecule has 0 radical (unpaired) electrons. The summed E-state index contributed by atoms with van der Waals surface area (Å²) in [5.41, 5.74) is 5.15. The third kappa shape index (κ3) is 4.60. The number of amides is 2. The van der Waals surface area contributed by atoms with Crippen molar-refractivity contribution in [1.82, 2.24) is 10.9 Å². The van der Waals surface area contributed by atoms with Gasteiger partial charge in [0, 0.05) is 10.0 Å². The fourth-order valence-corrected chi connectivity index (χ4v) is 2.06. The van der Waals surface area contributed by atoms with Crippen LogP contribution < -0.4 is 15.6 Å². The number of carbonyl (C=O) groups excluding carboxylic acids is 2. The van der Waals surface area contributed by atoms with Crippen molar-refractivity contribution in [2.24, 2.45) is 0 Å². The molecular formula is C16H15BrN2O3. The van der Waals surface area contributed by atoms with E-state index in [0.717, 1.165) is 4.47 Å². The molecule has 22 heavy (non-hydrogen) atoms. The van der Waals surface area contributed by atoms with E-state index in [2.05, 4.69) is 26.8 Å². The van der Waals surface area contributed by atoms with Crippen LogP contribution in [0.5, 0.6) is 5.75 Å². The van der Waals surface area contributed by atoms with Gasteiger partial charge in [-0.05, 0) is 37.3 Å². The maximum absolute atomic E-state index is 11.9. The van der Waals surface area contributed by atoms with Crippen LogP contribution in [0.15, 0.2) is 59.1 Å². The Morgan fingerprint density at radius 2 is 1.77 bits per heavy atom. The quantitative estimate of drug-likeness (QED) is 0.821. The van der Waals surface area contributed by atoms with E-state index in [1.54, 1.807) is 49.4 Å². The molecule has 0 unspecified atom stereocenters. The molecule has 2 rings (SSSR count). The number of rotatable bonds is 4. The molecule has 5 nitrogen and oxygen atoms in total. The van der Waals surface area contributed by atoms with Crippen molar-refractivity contribution in [3.05, 3.63) is 64.6 Å². The van der Waals surface area contributed by atoms with Gasteiger partial charge in [-0.3, -0.25) is 20.4 Å². The van der Waals surface area contributed by atoms with Crippen LogP contribution in [0.25, 0.3) is 0 Å². The zero-order valence-electron chi connectivity index (χ0n) is 11.9. The summed E-state index contributed by atoms with van der Waals surface area (Å²) >= 11 is 3.33. The highest BCUT2D eigenvalue weighted by Crippen LogP contribution is 2.18. The molecule has 0 spiro atoms. The normalized spacial score (nSPS) is 11.4. The van der Waals surface area contributed by atoms with E-state index < -0.39 is 12.0 Å². The fraction of sp³-hybridized carbons (Fsp3) is 0.125. The van der Waals surface area contributed by atoms with E-state index in [1.165, 1.54) is 0 Å². The van der Waals surface area contributed by atoms with Gasteiger partial charge in [0.1, 0.15) is 5.75 Å². The van der Waals surface area contributed by atoms with E-state index in [0.29, 0.717) is 11.3 Å². The van der Waals surface area contributed by atoms with Gasteiger partial charge in [-0.25, -0.2) is 0 Å².